The Morgan fingerprint density at radius 3 is 1.73 bits per heavy atom. The number of amides is 2. The van der Waals surface area contributed by atoms with Crippen molar-refractivity contribution in [2.45, 2.75) is 0 Å². The molecule has 0 heterocycles. The topological polar surface area (TPSA) is 123 Å². The van der Waals surface area contributed by atoms with E-state index in [1.807, 2.05) is 0 Å². The molecule has 0 bridgehead atoms. The maximum atomic E-state index is 10.5. The summed E-state index contributed by atoms with van der Waals surface area (Å²) in [4.78, 5) is 9.93. The van der Waals surface area contributed by atoms with E-state index in [1.165, 1.54) is 0 Å². The van der Waals surface area contributed by atoms with Gasteiger partial charge in [-0.2, -0.15) is 8.42 Å². The molecule has 0 aliphatic heterocycles. The number of nitrogens with one attached hydrogen (secondary N) is 1. The lowest BCUT2D eigenvalue weighted by Gasteiger charge is -1.99. The first-order valence-corrected chi connectivity index (χ1v) is 6.08. The van der Waals surface area contributed by atoms with Crippen LogP contribution in [0.1, 0.15) is 0 Å². The molecule has 0 unspecified atom stereocenters. The fourth-order valence-corrected chi connectivity index (χ4v) is 1.30. The molecule has 0 aliphatic rings. The van der Waals surface area contributed by atoms with Crippen LogP contribution in [-0.2, 0) is 17.9 Å². The van der Waals surface area contributed by atoms with E-state index < -0.39 is 24.0 Å². The van der Waals surface area contributed by atoms with Crippen molar-refractivity contribution in [1.29, 1.82) is 0 Å². The molecule has 11 heavy (non-hydrogen) atoms. The second-order valence-corrected chi connectivity index (χ2v) is 7.28. The van der Waals surface area contributed by atoms with Gasteiger partial charge in [0.05, 0.1) is 6.26 Å². The maximum Gasteiger partial charge on any atom is 0.342 e. The Hall–Kier alpha value is -0.830. The normalized spacial score (nSPS) is 12.5. The molecule has 0 aromatic carbocycles. The Bertz CT molecular complexity index is 350. The first-order chi connectivity index (χ1) is 4.67. The number of hydrogen-bond acceptors (Lipinski definition) is 5. The number of carbonyl (C=O) groups is 1. The minimum Gasteiger partial charge on any atom is -0.351 e. The van der Waals surface area contributed by atoms with Crippen LogP contribution in [0.15, 0.2) is 0 Å². The molecule has 0 spiro atoms. The van der Waals surface area contributed by atoms with Crippen molar-refractivity contribution in [1.82, 2.24) is 4.72 Å². The highest BCUT2D eigenvalue weighted by Gasteiger charge is 2.25. The van der Waals surface area contributed by atoms with E-state index >= 15 is 0 Å². The Kier molecular flexibility index (Phi) is 2.46. The van der Waals surface area contributed by atoms with Crippen molar-refractivity contribution in [2.24, 2.45) is 5.73 Å². The molecule has 0 saturated carbocycles. The van der Waals surface area contributed by atoms with Gasteiger partial charge in [-0.25, -0.2) is 17.9 Å². The van der Waals surface area contributed by atoms with Crippen molar-refractivity contribution in [3.63, 3.8) is 0 Å². The van der Waals surface area contributed by atoms with Crippen LogP contribution in [0.25, 0.3) is 0 Å². The summed E-state index contributed by atoms with van der Waals surface area (Å²) < 4.78 is 42.7. The van der Waals surface area contributed by atoms with Gasteiger partial charge in [0.1, 0.15) is 0 Å². The molecular weight excluding hydrogens is 196 g/mol. The van der Waals surface area contributed by atoms with E-state index in [2.05, 4.69) is 5.73 Å². The molecule has 0 rings (SSSR count). The van der Waals surface area contributed by atoms with Gasteiger partial charge >= 0.3 is 15.1 Å². The van der Waals surface area contributed by atoms with Crippen molar-refractivity contribution in [3.8, 4) is 0 Å². The molecule has 7 nitrogen and oxygen atoms in total. The molecule has 66 valence electrons. The molecule has 0 aliphatic carbocycles. The van der Waals surface area contributed by atoms with Gasteiger partial charge in [0.2, 0.25) is 0 Å². The molecule has 9 heteroatoms. The minimum absolute atomic E-state index is 0.443. The molecule has 2 amide bonds. The highest BCUT2D eigenvalue weighted by atomic mass is 33.2. The van der Waals surface area contributed by atoms with Crippen LogP contribution < -0.4 is 10.5 Å². The standard InChI is InChI=1S/C2H6N2O5S2/c1-10(6,7)11(8,9)4-2(3)5/h1H3,(H3,3,4,5). The Labute approximate surface area is 62.9 Å². The van der Waals surface area contributed by atoms with Gasteiger partial charge in [-0.3, -0.25) is 0 Å². The first-order valence-electron chi connectivity index (χ1n) is 2.19. The summed E-state index contributed by atoms with van der Waals surface area (Å²) in [5.74, 6) is 0. The van der Waals surface area contributed by atoms with E-state index in [0.717, 1.165) is 4.72 Å². The molecule has 0 radical (unpaired) electrons. The van der Waals surface area contributed by atoms with Crippen molar-refractivity contribution < 1.29 is 21.6 Å². The van der Waals surface area contributed by atoms with Crippen LogP contribution in [0.4, 0.5) is 4.79 Å². The second-order valence-electron chi connectivity index (χ2n) is 1.62. The van der Waals surface area contributed by atoms with Crippen molar-refractivity contribution >= 4 is 24.0 Å². The van der Waals surface area contributed by atoms with Gasteiger partial charge in [0.15, 0.2) is 0 Å². The summed E-state index contributed by atoms with van der Waals surface area (Å²) in [6.45, 7) is 0. The van der Waals surface area contributed by atoms with Gasteiger partial charge in [-0.1, -0.05) is 0 Å². The minimum atomic E-state index is -4.65. The van der Waals surface area contributed by atoms with Crippen molar-refractivity contribution in [3.05, 3.63) is 0 Å². The van der Waals surface area contributed by atoms with E-state index in [9.17, 15) is 21.6 Å². The van der Waals surface area contributed by atoms with Crippen molar-refractivity contribution in [2.75, 3.05) is 6.26 Å². The molecule has 0 fully saturated rings. The van der Waals surface area contributed by atoms with E-state index in [1.54, 1.807) is 0 Å². The van der Waals surface area contributed by atoms with E-state index in [4.69, 9.17) is 0 Å². The molecule has 3 N–H and O–H groups in total. The van der Waals surface area contributed by atoms with Gasteiger partial charge in [-0.05, 0) is 0 Å². The average Bonchev–Trinajstić information content (AvgIpc) is 1.56. The molecule has 0 aromatic rings. The Morgan fingerprint density at radius 2 is 1.64 bits per heavy atom. The lowest BCUT2D eigenvalue weighted by molar-refractivity contribution is 0.253. The third-order valence-electron chi connectivity index (χ3n) is 0.624. The monoisotopic (exact) mass is 202 g/mol. The van der Waals surface area contributed by atoms with Crippen LogP contribution in [0.2, 0.25) is 0 Å². The summed E-state index contributed by atoms with van der Waals surface area (Å²) in [5.41, 5.74) is 4.38. The molecule has 0 atom stereocenters. The number of urea groups is 1. The summed E-state index contributed by atoms with van der Waals surface area (Å²) in [5, 5.41) is 0. The zero-order chi connectivity index (χ0) is 9.28. The average molecular weight is 202 g/mol. The third-order valence-corrected chi connectivity index (χ3v) is 4.51. The fourth-order valence-electron chi connectivity index (χ4n) is 0.199. The highest BCUT2D eigenvalue weighted by Crippen LogP contribution is 1.93. The summed E-state index contributed by atoms with van der Waals surface area (Å²) in [6.07, 6.45) is 0.443. The van der Waals surface area contributed by atoms with Crippen LogP contribution in [0.5, 0.6) is 0 Å². The third kappa shape index (κ3) is 2.72. The highest BCUT2D eigenvalue weighted by molar-refractivity contribution is 8.66. The number of hydrogen-bond donors (Lipinski definition) is 2. The SMILES string of the molecule is CS(=O)(=O)S(=O)(=O)NC(N)=O. The summed E-state index contributed by atoms with van der Waals surface area (Å²) >= 11 is 0. The smallest absolute Gasteiger partial charge is 0.342 e. The van der Waals surface area contributed by atoms with Gasteiger partial charge < -0.3 is 5.73 Å². The number of rotatable bonds is 2. The van der Waals surface area contributed by atoms with Gasteiger partial charge in [0, 0.05) is 0 Å². The largest absolute Gasteiger partial charge is 0.351 e. The predicted molar refractivity (Wildman–Crippen MR) is 36.5 cm³/mol. The van der Waals surface area contributed by atoms with Gasteiger partial charge in [0.25, 0.3) is 8.87 Å². The zero-order valence-electron chi connectivity index (χ0n) is 5.44. The first kappa shape index (κ1) is 10.2. The number of nitrogens with two attached hydrogens (primary N) is 1. The Morgan fingerprint density at radius 1 is 1.27 bits per heavy atom. The number of carbonyl (C=O) groups excluding carboxylic acids is 1. The predicted octanol–water partition coefficient (Wildman–Crippen LogP) is -2.06. The summed E-state index contributed by atoms with van der Waals surface area (Å²) in [7, 11) is -8.99. The maximum absolute atomic E-state index is 10.5. The number of primary amides is 1. The van der Waals surface area contributed by atoms with Gasteiger partial charge in [-0.15, -0.1) is 0 Å². The molecular formula is C2H6N2O5S2. The van der Waals surface area contributed by atoms with Crippen LogP contribution >= 0.6 is 0 Å². The fraction of sp³-hybridized carbons (Fsp3) is 0.500. The van der Waals surface area contributed by atoms with Crippen LogP contribution in [0, 0.1) is 0 Å². The lowest BCUT2D eigenvalue weighted by atomic mass is 11.2. The second kappa shape index (κ2) is 2.66. The van der Waals surface area contributed by atoms with Crippen LogP contribution in [-0.4, -0.2) is 29.1 Å². The zero-order valence-corrected chi connectivity index (χ0v) is 7.07. The molecule has 0 saturated heterocycles. The lowest BCUT2D eigenvalue weighted by Crippen LogP contribution is -2.38. The van der Waals surface area contributed by atoms with E-state index in [-0.39, 0.29) is 0 Å². The Balaban J connectivity index is 4.96. The molecule has 0 aromatic heterocycles. The van der Waals surface area contributed by atoms with Crippen LogP contribution in [0.3, 0.4) is 0 Å². The van der Waals surface area contributed by atoms with E-state index in [0.29, 0.717) is 6.26 Å². The quantitative estimate of drug-likeness (QED) is 0.498. The summed E-state index contributed by atoms with van der Waals surface area (Å²) in [6, 6.07) is -1.43.